The van der Waals surface area contributed by atoms with E-state index in [4.69, 9.17) is 9.47 Å². The number of hydrogen-bond donors (Lipinski definition) is 2. The molecule has 184 valence electrons. The summed E-state index contributed by atoms with van der Waals surface area (Å²) < 4.78 is 10.0. The van der Waals surface area contributed by atoms with E-state index in [2.05, 4.69) is 15.6 Å². The summed E-state index contributed by atoms with van der Waals surface area (Å²) in [6.45, 7) is 0.691. The topological polar surface area (TPSA) is 107 Å². The lowest BCUT2D eigenvalue weighted by atomic mass is 10.1. The fourth-order valence-corrected chi connectivity index (χ4v) is 3.59. The molecule has 1 atom stereocenters. The third kappa shape index (κ3) is 8.73. The summed E-state index contributed by atoms with van der Waals surface area (Å²) in [6, 6.07) is 20.2. The summed E-state index contributed by atoms with van der Waals surface area (Å²) >= 11 is 0. The average molecular weight is 478 g/mol. The number of methoxy groups -OCH3 is 1. The quantitative estimate of drug-likeness (QED) is 0.302. The molecule has 0 unspecified atom stereocenters. The number of benzene rings is 2. The maximum absolute atomic E-state index is 12.4. The van der Waals surface area contributed by atoms with Crippen LogP contribution in [0.4, 0.5) is 4.79 Å². The molecule has 0 saturated heterocycles. The highest BCUT2D eigenvalue weighted by Crippen LogP contribution is 2.13. The zero-order valence-corrected chi connectivity index (χ0v) is 19.9. The molecule has 8 heteroatoms. The van der Waals surface area contributed by atoms with E-state index in [1.165, 1.54) is 7.11 Å². The van der Waals surface area contributed by atoms with Crippen LogP contribution in [0.15, 0.2) is 66.7 Å². The maximum Gasteiger partial charge on any atom is 0.407 e. The number of nitrogens with zero attached hydrogens (tertiary/aromatic N) is 1. The number of pyridine rings is 1. The van der Waals surface area contributed by atoms with Crippen molar-refractivity contribution in [1.29, 1.82) is 0 Å². The molecule has 0 aliphatic rings. The largest absolute Gasteiger partial charge is 0.467 e. The van der Waals surface area contributed by atoms with Crippen molar-refractivity contribution >= 4 is 28.9 Å². The number of ether oxygens (including phenoxy) is 2. The summed E-state index contributed by atoms with van der Waals surface area (Å²) in [7, 11) is 1.30. The highest BCUT2D eigenvalue weighted by atomic mass is 16.5. The van der Waals surface area contributed by atoms with Crippen LogP contribution in [0.3, 0.4) is 0 Å². The minimum Gasteiger partial charge on any atom is -0.467 e. The zero-order valence-electron chi connectivity index (χ0n) is 19.9. The van der Waals surface area contributed by atoms with E-state index in [0.717, 1.165) is 29.3 Å². The molecule has 0 bridgehead atoms. The standard InChI is InChI=1S/C27H31N3O5/c1-34-26(32)24(18-22-16-15-21-12-7-8-13-23(21)29-22)30-25(31)14-6-3-9-17-28-27(33)35-19-20-10-4-2-5-11-20/h2,4-5,7-8,10-13,15-16,24H,3,6,9,14,17-19H2,1H3,(H,28,33)(H,30,31)/t24-/m1/s1. The first-order chi connectivity index (χ1) is 17.0. The van der Waals surface area contributed by atoms with Crippen LogP contribution >= 0.6 is 0 Å². The third-order valence-corrected chi connectivity index (χ3v) is 5.45. The lowest BCUT2D eigenvalue weighted by molar-refractivity contribution is -0.145. The van der Waals surface area contributed by atoms with E-state index in [1.54, 1.807) is 0 Å². The molecule has 3 rings (SSSR count). The zero-order chi connectivity index (χ0) is 24.9. The molecule has 0 radical (unpaired) electrons. The molecule has 0 aliphatic heterocycles. The van der Waals surface area contributed by atoms with Gasteiger partial charge in [0.25, 0.3) is 0 Å². The number of amides is 2. The normalized spacial score (nSPS) is 11.5. The van der Waals surface area contributed by atoms with Gasteiger partial charge in [-0.05, 0) is 30.5 Å². The Bertz CT molecular complexity index is 1120. The number of esters is 1. The van der Waals surface area contributed by atoms with Crippen molar-refractivity contribution in [3.8, 4) is 0 Å². The third-order valence-electron chi connectivity index (χ3n) is 5.45. The van der Waals surface area contributed by atoms with Crippen LogP contribution in [0.5, 0.6) is 0 Å². The minimum absolute atomic E-state index is 0.225. The number of hydrogen-bond acceptors (Lipinski definition) is 6. The first kappa shape index (κ1) is 25.7. The second-order valence-electron chi connectivity index (χ2n) is 8.14. The first-order valence-electron chi connectivity index (χ1n) is 11.7. The summed E-state index contributed by atoms with van der Waals surface area (Å²) in [4.78, 5) is 41.0. The summed E-state index contributed by atoms with van der Waals surface area (Å²) in [5, 5.41) is 6.48. The van der Waals surface area contributed by atoms with E-state index >= 15 is 0 Å². The highest BCUT2D eigenvalue weighted by molar-refractivity contribution is 5.85. The van der Waals surface area contributed by atoms with Crippen molar-refractivity contribution in [2.75, 3.05) is 13.7 Å². The van der Waals surface area contributed by atoms with Gasteiger partial charge in [0.05, 0.1) is 12.6 Å². The SMILES string of the molecule is COC(=O)[C@@H](Cc1ccc2ccccc2n1)NC(=O)CCCCCNC(=O)OCc1ccccc1. The van der Waals surface area contributed by atoms with E-state index in [0.29, 0.717) is 18.7 Å². The van der Waals surface area contributed by atoms with Crippen LogP contribution in [-0.4, -0.2) is 42.7 Å². The number of carbonyl (C=O) groups is 3. The number of carbonyl (C=O) groups excluding carboxylic acids is 3. The number of fused-ring (bicyclic) bond motifs is 1. The summed E-state index contributed by atoms with van der Waals surface area (Å²) in [5.41, 5.74) is 2.46. The fraction of sp³-hybridized carbons (Fsp3) is 0.333. The summed E-state index contributed by atoms with van der Waals surface area (Å²) in [6.07, 6.45) is 2.16. The average Bonchev–Trinajstić information content (AvgIpc) is 2.89. The molecule has 0 aliphatic carbocycles. The van der Waals surface area contributed by atoms with Crippen LogP contribution in [0, 0.1) is 0 Å². The van der Waals surface area contributed by atoms with Gasteiger partial charge in [0.1, 0.15) is 12.6 Å². The lowest BCUT2D eigenvalue weighted by Crippen LogP contribution is -2.43. The van der Waals surface area contributed by atoms with Gasteiger partial charge < -0.3 is 20.1 Å². The Kier molecular flexibility index (Phi) is 10.0. The molecule has 0 fully saturated rings. The van der Waals surface area contributed by atoms with Crippen molar-refractivity contribution in [1.82, 2.24) is 15.6 Å². The van der Waals surface area contributed by atoms with Gasteiger partial charge in [0.15, 0.2) is 0 Å². The highest BCUT2D eigenvalue weighted by Gasteiger charge is 2.22. The van der Waals surface area contributed by atoms with E-state index in [9.17, 15) is 14.4 Å². The predicted molar refractivity (Wildman–Crippen MR) is 132 cm³/mol. The van der Waals surface area contributed by atoms with Crippen molar-refractivity contribution in [3.05, 3.63) is 78.0 Å². The molecule has 2 N–H and O–H groups in total. The monoisotopic (exact) mass is 477 g/mol. The maximum atomic E-state index is 12.4. The van der Waals surface area contributed by atoms with Gasteiger partial charge in [-0.1, -0.05) is 61.0 Å². The van der Waals surface area contributed by atoms with Crippen LogP contribution in [0.1, 0.15) is 36.9 Å². The van der Waals surface area contributed by atoms with Crippen LogP contribution in [-0.2, 0) is 32.1 Å². The second kappa shape index (κ2) is 13.7. The van der Waals surface area contributed by atoms with Gasteiger partial charge in [-0.2, -0.15) is 0 Å². The first-order valence-corrected chi connectivity index (χ1v) is 11.7. The molecule has 3 aromatic rings. The Balaban J connectivity index is 1.34. The molecule has 1 aromatic heterocycles. The minimum atomic E-state index is -0.804. The molecule has 2 aromatic carbocycles. The molecular weight excluding hydrogens is 446 g/mol. The Morgan fingerprint density at radius 3 is 2.49 bits per heavy atom. The van der Waals surface area contributed by atoms with Gasteiger partial charge in [-0.15, -0.1) is 0 Å². The van der Waals surface area contributed by atoms with Crippen LogP contribution in [0.25, 0.3) is 10.9 Å². The molecule has 0 saturated carbocycles. The van der Waals surface area contributed by atoms with Crippen molar-refractivity contribution in [2.45, 2.75) is 44.8 Å². The molecule has 0 spiro atoms. The van der Waals surface area contributed by atoms with Gasteiger partial charge in [0.2, 0.25) is 5.91 Å². The van der Waals surface area contributed by atoms with Crippen LogP contribution in [0.2, 0.25) is 0 Å². The number of aromatic nitrogens is 1. The van der Waals surface area contributed by atoms with E-state index in [-0.39, 0.29) is 25.4 Å². The smallest absolute Gasteiger partial charge is 0.407 e. The van der Waals surface area contributed by atoms with E-state index < -0.39 is 18.1 Å². The van der Waals surface area contributed by atoms with Crippen molar-refractivity contribution in [2.24, 2.45) is 0 Å². The Labute approximate surface area is 205 Å². The Morgan fingerprint density at radius 2 is 1.69 bits per heavy atom. The number of para-hydroxylation sites is 1. The number of nitrogens with one attached hydrogen (secondary N) is 2. The Morgan fingerprint density at radius 1 is 0.914 bits per heavy atom. The summed E-state index contributed by atoms with van der Waals surface area (Å²) in [5.74, 6) is -0.733. The second-order valence-corrected chi connectivity index (χ2v) is 8.14. The van der Waals surface area contributed by atoms with Crippen molar-refractivity contribution < 1.29 is 23.9 Å². The van der Waals surface area contributed by atoms with Gasteiger partial charge >= 0.3 is 12.1 Å². The van der Waals surface area contributed by atoms with E-state index in [1.807, 2.05) is 66.7 Å². The number of alkyl carbamates (subject to hydrolysis) is 1. The molecule has 2 amide bonds. The van der Waals surface area contributed by atoms with Gasteiger partial charge in [0, 0.05) is 30.5 Å². The number of unbranched alkanes of at least 4 members (excludes halogenated alkanes) is 2. The molecular formula is C27H31N3O5. The lowest BCUT2D eigenvalue weighted by Gasteiger charge is -2.16. The molecule has 1 heterocycles. The Hall–Kier alpha value is -3.94. The van der Waals surface area contributed by atoms with Crippen LogP contribution < -0.4 is 10.6 Å². The fourth-order valence-electron chi connectivity index (χ4n) is 3.59. The molecule has 35 heavy (non-hydrogen) atoms. The molecule has 8 nitrogen and oxygen atoms in total. The van der Waals surface area contributed by atoms with Gasteiger partial charge in [-0.3, -0.25) is 9.78 Å². The van der Waals surface area contributed by atoms with Gasteiger partial charge in [-0.25, -0.2) is 9.59 Å². The number of rotatable bonds is 12. The predicted octanol–water partition coefficient (Wildman–Crippen LogP) is 3.92. The van der Waals surface area contributed by atoms with Crippen molar-refractivity contribution in [3.63, 3.8) is 0 Å².